The Kier molecular flexibility index (Phi) is 3.82. The van der Waals surface area contributed by atoms with Crippen molar-refractivity contribution in [3.05, 3.63) is 29.8 Å². The van der Waals surface area contributed by atoms with Crippen LogP contribution in [0.15, 0.2) is 24.3 Å². The number of alkyl halides is 3. The molecule has 1 saturated heterocycles. The summed E-state index contributed by atoms with van der Waals surface area (Å²) in [6.07, 6.45) is -1.89. The highest BCUT2D eigenvalue weighted by Gasteiger charge is 2.60. The summed E-state index contributed by atoms with van der Waals surface area (Å²) in [4.78, 5) is 38.2. The zero-order chi connectivity index (χ0) is 18.6. The van der Waals surface area contributed by atoms with Crippen molar-refractivity contribution in [1.29, 1.82) is 0 Å². The van der Waals surface area contributed by atoms with E-state index >= 15 is 0 Å². The van der Waals surface area contributed by atoms with Crippen LogP contribution in [-0.2, 0) is 20.6 Å². The molecule has 0 aromatic heterocycles. The van der Waals surface area contributed by atoms with Gasteiger partial charge in [0.25, 0.3) is 0 Å². The van der Waals surface area contributed by atoms with Gasteiger partial charge in [-0.1, -0.05) is 12.1 Å². The van der Waals surface area contributed by atoms with Gasteiger partial charge in [0.15, 0.2) is 0 Å². The minimum absolute atomic E-state index is 0.195. The fraction of sp³-hybridized carbons (Fsp3) is 0.500. The van der Waals surface area contributed by atoms with Gasteiger partial charge in [0.1, 0.15) is 6.54 Å². The third-order valence-electron chi connectivity index (χ3n) is 5.83. The molecule has 4 unspecified atom stereocenters. The Morgan fingerprint density at radius 1 is 1.08 bits per heavy atom. The summed E-state index contributed by atoms with van der Waals surface area (Å²) in [6.45, 7) is -0.545. The zero-order valence-corrected chi connectivity index (χ0v) is 13.8. The van der Waals surface area contributed by atoms with Gasteiger partial charge in [0.05, 0.1) is 23.1 Å². The predicted molar refractivity (Wildman–Crippen MR) is 84.6 cm³/mol. The molecule has 2 saturated carbocycles. The van der Waals surface area contributed by atoms with Gasteiger partial charge < -0.3 is 5.32 Å². The van der Waals surface area contributed by atoms with Gasteiger partial charge in [-0.15, -0.1) is 0 Å². The van der Waals surface area contributed by atoms with Crippen LogP contribution in [-0.4, -0.2) is 29.2 Å². The third-order valence-corrected chi connectivity index (χ3v) is 5.83. The summed E-state index contributed by atoms with van der Waals surface area (Å²) in [6, 6.07) is 4.61. The van der Waals surface area contributed by atoms with Crippen LogP contribution in [0.3, 0.4) is 0 Å². The van der Waals surface area contributed by atoms with Crippen LogP contribution in [0.4, 0.5) is 18.9 Å². The highest BCUT2D eigenvalue weighted by Crippen LogP contribution is 2.56. The minimum Gasteiger partial charge on any atom is -0.324 e. The molecule has 1 N–H and O–H groups in total. The summed E-state index contributed by atoms with van der Waals surface area (Å²) >= 11 is 0. The van der Waals surface area contributed by atoms with E-state index in [0.29, 0.717) is 0 Å². The number of rotatable bonds is 3. The summed E-state index contributed by atoms with van der Waals surface area (Å²) in [5, 5.41) is 2.18. The average molecular weight is 366 g/mol. The van der Waals surface area contributed by atoms with E-state index in [9.17, 15) is 27.6 Å². The fourth-order valence-corrected chi connectivity index (χ4v) is 4.80. The van der Waals surface area contributed by atoms with Gasteiger partial charge in [0.2, 0.25) is 17.7 Å². The molecule has 2 aliphatic carbocycles. The van der Waals surface area contributed by atoms with Crippen LogP contribution >= 0.6 is 0 Å². The standard InChI is InChI=1S/C18H17F3N2O3/c19-18(20,21)11-3-1-2-4-12(11)22-13(24)8-23-16(25)14-9-5-6-10(7-9)15(14)17(23)26/h1-4,9-10,14-15H,5-8H2,(H,22,24). The molecule has 1 heterocycles. The van der Waals surface area contributed by atoms with E-state index in [1.54, 1.807) is 0 Å². The van der Waals surface area contributed by atoms with E-state index in [1.807, 2.05) is 0 Å². The Morgan fingerprint density at radius 2 is 1.65 bits per heavy atom. The Hall–Kier alpha value is -2.38. The molecule has 1 aliphatic heterocycles. The molecule has 0 radical (unpaired) electrons. The molecule has 5 nitrogen and oxygen atoms in total. The van der Waals surface area contributed by atoms with Gasteiger partial charge in [-0.2, -0.15) is 13.2 Å². The van der Waals surface area contributed by atoms with E-state index in [-0.39, 0.29) is 41.2 Å². The Labute approximate surface area is 147 Å². The van der Waals surface area contributed by atoms with Crippen LogP contribution in [0, 0.1) is 23.7 Å². The SMILES string of the molecule is O=C(CN1C(=O)C2C3CCC(C3)C2C1=O)Nc1ccccc1C(F)(F)F. The number of carbonyl (C=O) groups is 3. The molecule has 2 bridgehead atoms. The first kappa shape index (κ1) is 17.1. The van der Waals surface area contributed by atoms with Crippen molar-refractivity contribution in [2.75, 3.05) is 11.9 Å². The Balaban J connectivity index is 1.48. The van der Waals surface area contributed by atoms with Gasteiger partial charge in [0, 0.05) is 0 Å². The van der Waals surface area contributed by atoms with Crippen molar-refractivity contribution in [2.24, 2.45) is 23.7 Å². The van der Waals surface area contributed by atoms with Crippen molar-refractivity contribution >= 4 is 23.4 Å². The molecule has 4 rings (SSSR count). The quantitative estimate of drug-likeness (QED) is 0.837. The lowest BCUT2D eigenvalue weighted by molar-refractivity contribution is -0.143. The second-order valence-corrected chi connectivity index (χ2v) is 7.24. The number of nitrogens with zero attached hydrogens (tertiary/aromatic N) is 1. The maximum Gasteiger partial charge on any atom is 0.418 e. The highest BCUT2D eigenvalue weighted by molar-refractivity contribution is 6.09. The lowest BCUT2D eigenvalue weighted by Gasteiger charge is -2.19. The van der Waals surface area contributed by atoms with Crippen molar-refractivity contribution < 1.29 is 27.6 Å². The zero-order valence-electron chi connectivity index (χ0n) is 13.8. The van der Waals surface area contributed by atoms with Crippen LogP contribution in [0.2, 0.25) is 0 Å². The first-order valence-corrected chi connectivity index (χ1v) is 8.58. The van der Waals surface area contributed by atoms with Crippen LogP contribution in [0.1, 0.15) is 24.8 Å². The van der Waals surface area contributed by atoms with Crippen LogP contribution < -0.4 is 5.32 Å². The maximum absolute atomic E-state index is 13.0. The summed E-state index contributed by atoms with van der Waals surface area (Å²) in [7, 11) is 0. The average Bonchev–Trinajstić information content (AvgIpc) is 3.24. The first-order valence-electron chi connectivity index (χ1n) is 8.58. The molecule has 0 spiro atoms. The molecular weight excluding hydrogens is 349 g/mol. The number of hydrogen-bond donors (Lipinski definition) is 1. The molecule has 3 aliphatic rings. The number of amides is 3. The molecule has 26 heavy (non-hydrogen) atoms. The molecule has 3 fully saturated rings. The number of nitrogens with one attached hydrogen (secondary N) is 1. The number of carbonyl (C=O) groups excluding carboxylic acids is 3. The van der Waals surface area contributed by atoms with Gasteiger partial charge in [-0.3, -0.25) is 19.3 Å². The predicted octanol–water partition coefficient (Wildman–Crippen LogP) is 2.68. The summed E-state index contributed by atoms with van der Waals surface area (Å²) in [5.74, 6) is -1.83. The van der Waals surface area contributed by atoms with E-state index < -0.39 is 24.2 Å². The van der Waals surface area contributed by atoms with E-state index in [2.05, 4.69) is 5.32 Å². The second-order valence-electron chi connectivity index (χ2n) is 7.24. The third kappa shape index (κ3) is 2.59. The molecule has 3 amide bonds. The van der Waals surface area contributed by atoms with Crippen LogP contribution in [0.25, 0.3) is 0 Å². The smallest absolute Gasteiger partial charge is 0.324 e. The number of benzene rings is 1. The second kappa shape index (κ2) is 5.82. The molecule has 1 aromatic carbocycles. The minimum atomic E-state index is -4.61. The topological polar surface area (TPSA) is 66.5 Å². The fourth-order valence-electron chi connectivity index (χ4n) is 4.80. The first-order chi connectivity index (χ1) is 12.3. The molecule has 138 valence electrons. The van der Waals surface area contributed by atoms with E-state index in [4.69, 9.17) is 0 Å². The van der Waals surface area contributed by atoms with Gasteiger partial charge in [-0.25, -0.2) is 0 Å². The van der Waals surface area contributed by atoms with Crippen LogP contribution in [0.5, 0.6) is 0 Å². The molecule has 1 aromatic rings. The Bertz CT molecular complexity index is 764. The number of hydrogen-bond acceptors (Lipinski definition) is 3. The number of anilines is 1. The van der Waals surface area contributed by atoms with Crippen molar-refractivity contribution in [3.63, 3.8) is 0 Å². The maximum atomic E-state index is 13.0. The van der Waals surface area contributed by atoms with Crippen molar-refractivity contribution in [1.82, 2.24) is 4.90 Å². The summed E-state index contributed by atoms with van der Waals surface area (Å²) < 4.78 is 39.0. The largest absolute Gasteiger partial charge is 0.418 e. The Morgan fingerprint density at radius 3 is 2.23 bits per heavy atom. The van der Waals surface area contributed by atoms with E-state index in [1.165, 1.54) is 12.1 Å². The monoisotopic (exact) mass is 366 g/mol. The van der Waals surface area contributed by atoms with E-state index in [0.717, 1.165) is 36.3 Å². The number of imide groups is 1. The van der Waals surface area contributed by atoms with Gasteiger partial charge >= 0.3 is 6.18 Å². The molecular formula is C18H17F3N2O3. The number of fused-ring (bicyclic) bond motifs is 5. The van der Waals surface area contributed by atoms with Gasteiger partial charge in [-0.05, 0) is 43.2 Å². The summed E-state index contributed by atoms with van der Waals surface area (Å²) in [5.41, 5.74) is -1.35. The van der Waals surface area contributed by atoms with Crippen molar-refractivity contribution in [3.8, 4) is 0 Å². The number of halogens is 3. The highest BCUT2D eigenvalue weighted by atomic mass is 19.4. The lowest BCUT2D eigenvalue weighted by atomic mass is 9.81. The van der Waals surface area contributed by atoms with Crippen molar-refractivity contribution in [2.45, 2.75) is 25.4 Å². The molecule has 8 heteroatoms. The lowest BCUT2D eigenvalue weighted by Crippen LogP contribution is -2.39. The molecule has 4 atom stereocenters. The number of para-hydroxylation sites is 1. The number of likely N-dealkylation sites (tertiary alicyclic amines) is 1. The normalized spacial score (nSPS) is 30.0.